The topological polar surface area (TPSA) is 50.3 Å². The molecule has 0 spiro atoms. The Morgan fingerprint density at radius 1 is 1.04 bits per heavy atom. The summed E-state index contributed by atoms with van der Waals surface area (Å²) >= 11 is 5.79. The second-order valence-corrected chi connectivity index (χ2v) is 5.92. The van der Waals surface area contributed by atoms with E-state index in [0.29, 0.717) is 22.2 Å². The van der Waals surface area contributed by atoms with Gasteiger partial charge in [-0.2, -0.15) is 0 Å². The number of imide groups is 1. The highest BCUT2D eigenvalue weighted by Crippen LogP contribution is 2.35. The standard InChI is InChI=1S/C18H10ClFN2O2/c1-9-15-16(11-4-2-3-5-14(11)21-9)18(24)22(17(15)23)10-6-7-13(20)12(19)8-10/h2-8H,1H3. The third-order valence-corrected chi connectivity index (χ3v) is 4.36. The zero-order valence-electron chi connectivity index (χ0n) is 12.5. The molecule has 0 aliphatic carbocycles. The number of fused-ring (bicyclic) bond motifs is 3. The van der Waals surface area contributed by atoms with Crippen molar-refractivity contribution in [3.63, 3.8) is 0 Å². The molecule has 0 N–H and O–H groups in total. The summed E-state index contributed by atoms with van der Waals surface area (Å²) in [5, 5.41) is 0.468. The summed E-state index contributed by atoms with van der Waals surface area (Å²) in [6.07, 6.45) is 0. The Labute approximate surface area is 141 Å². The van der Waals surface area contributed by atoms with Crippen LogP contribution in [0.3, 0.4) is 0 Å². The van der Waals surface area contributed by atoms with E-state index in [9.17, 15) is 14.0 Å². The van der Waals surface area contributed by atoms with Crippen molar-refractivity contribution in [2.75, 3.05) is 4.90 Å². The molecule has 24 heavy (non-hydrogen) atoms. The van der Waals surface area contributed by atoms with Gasteiger partial charge in [0.05, 0.1) is 33.0 Å². The fourth-order valence-electron chi connectivity index (χ4n) is 2.99. The average Bonchev–Trinajstić information content (AvgIpc) is 2.82. The molecular formula is C18H10ClFN2O2. The molecule has 0 fully saturated rings. The van der Waals surface area contributed by atoms with Gasteiger partial charge in [0, 0.05) is 5.39 Å². The summed E-state index contributed by atoms with van der Waals surface area (Å²) in [5.41, 5.74) is 1.96. The molecular weight excluding hydrogens is 331 g/mol. The predicted molar refractivity (Wildman–Crippen MR) is 89.0 cm³/mol. The van der Waals surface area contributed by atoms with Gasteiger partial charge in [-0.25, -0.2) is 9.29 Å². The molecule has 2 heterocycles. The first-order chi connectivity index (χ1) is 11.5. The summed E-state index contributed by atoms with van der Waals surface area (Å²) in [6.45, 7) is 1.69. The van der Waals surface area contributed by atoms with E-state index < -0.39 is 17.6 Å². The maximum atomic E-state index is 13.4. The molecule has 0 atom stereocenters. The van der Waals surface area contributed by atoms with Gasteiger partial charge in [0.25, 0.3) is 11.8 Å². The lowest BCUT2D eigenvalue weighted by molar-refractivity contribution is 0.0926. The van der Waals surface area contributed by atoms with Crippen molar-refractivity contribution in [3.05, 3.63) is 70.1 Å². The van der Waals surface area contributed by atoms with E-state index in [1.807, 2.05) is 6.07 Å². The van der Waals surface area contributed by atoms with E-state index in [2.05, 4.69) is 4.98 Å². The number of halogens is 2. The number of hydrogen-bond donors (Lipinski definition) is 0. The predicted octanol–water partition coefficient (Wildman–Crippen LogP) is 4.14. The Morgan fingerprint density at radius 2 is 1.75 bits per heavy atom. The van der Waals surface area contributed by atoms with Crippen LogP contribution in [0, 0.1) is 12.7 Å². The highest BCUT2D eigenvalue weighted by Gasteiger charge is 2.40. The molecule has 0 saturated carbocycles. The lowest BCUT2D eigenvalue weighted by Gasteiger charge is -2.14. The van der Waals surface area contributed by atoms with Crippen molar-refractivity contribution in [1.29, 1.82) is 0 Å². The number of carbonyl (C=O) groups is 2. The normalized spacial score (nSPS) is 13.7. The first-order valence-corrected chi connectivity index (χ1v) is 7.60. The van der Waals surface area contributed by atoms with Gasteiger partial charge in [-0.3, -0.25) is 14.6 Å². The molecule has 0 unspecified atom stereocenters. The largest absolute Gasteiger partial charge is 0.268 e. The first-order valence-electron chi connectivity index (χ1n) is 7.22. The van der Waals surface area contributed by atoms with Crippen molar-refractivity contribution in [1.82, 2.24) is 4.98 Å². The minimum atomic E-state index is -0.611. The summed E-state index contributed by atoms with van der Waals surface area (Å²) in [7, 11) is 0. The van der Waals surface area contributed by atoms with Gasteiger partial charge in [-0.05, 0) is 31.2 Å². The Kier molecular flexibility index (Phi) is 3.15. The van der Waals surface area contributed by atoms with Crippen LogP contribution in [0.2, 0.25) is 5.02 Å². The Hall–Kier alpha value is -2.79. The zero-order chi connectivity index (χ0) is 17.0. The third kappa shape index (κ3) is 1.95. The van der Waals surface area contributed by atoms with Crippen molar-refractivity contribution < 1.29 is 14.0 Å². The molecule has 0 radical (unpaired) electrons. The van der Waals surface area contributed by atoms with E-state index >= 15 is 0 Å². The van der Waals surface area contributed by atoms with Crippen LogP contribution in [0.5, 0.6) is 0 Å². The SMILES string of the molecule is Cc1nc2ccccc2c2c1C(=O)N(c1ccc(F)c(Cl)c1)C2=O. The van der Waals surface area contributed by atoms with Gasteiger partial charge >= 0.3 is 0 Å². The number of benzene rings is 2. The molecule has 6 heteroatoms. The lowest BCUT2D eigenvalue weighted by Crippen LogP contribution is -2.29. The quantitative estimate of drug-likeness (QED) is 0.626. The average molecular weight is 341 g/mol. The summed E-state index contributed by atoms with van der Waals surface area (Å²) < 4.78 is 13.4. The van der Waals surface area contributed by atoms with Crippen molar-refractivity contribution >= 4 is 40.0 Å². The summed E-state index contributed by atoms with van der Waals surface area (Å²) in [6, 6.07) is 10.9. The van der Waals surface area contributed by atoms with Gasteiger partial charge < -0.3 is 0 Å². The van der Waals surface area contributed by atoms with E-state index in [1.54, 1.807) is 25.1 Å². The fourth-order valence-corrected chi connectivity index (χ4v) is 3.17. The van der Waals surface area contributed by atoms with Gasteiger partial charge in [0.1, 0.15) is 5.82 Å². The van der Waals surface area contributed by atoms with Crippen LogP contribution in [0.4, 0.5) is 10.1 Å². The minimum absolute atomic E-state index is 0.149. The number of aryl methyl sites for hydroxylation is 1. The molecule has 1 aromatic heterocycles. The molecule has 118 valence electrons. The van der Waals surface area contributed by atoms with Crippen LogP contribution in [-0.4, -0.2) is 16.8 Å². The Balaban J connectivity index is 1.97. The number of anilines is 1. The number of carbonyl (C=O) groups excluding carboxylic acids is 2. The number of nitrogens with zero attached hydrogens (tertiary/aromatic N) is 2. The fraction of sp³-hybridized carbons (Fsp3) is 0.0556. The van der Waals surface area contributed by atoms with Crippen LogP contribution in [-0.2, 0) is 0 Å². The van der Waals surface area contributed by atoms with Crippen molar-refractivity contribution in [2.45, 2.75) is 6.92 Å². The number of pyridine rings is 1. The van der Waals surface area contributed by atoms with E-state index in [1.165, 1.54) is 12.1 Å². The van der Waals surface area contributed by atoms with Gasteiger partial charge in [0.2, 0.25) is 0 Å². The second kappa shape index (κ2) is 5.11. The number of hydrogen-bond acceptors (Lipinski definition) is 3. The first kappa shape index (κ1) is 14.8. The van der Waals surface area contributed by atoms with Gasteiger partial charge in [-0.1, -0.05) is 29.8 Å². The van der Waals surface area contributed by atoms with Crippen LogP contribution in [0.25, 0.3) is 10.9 Å². The van der Waals surface area contributed by atoms with E-state index in [-0.39, 0.29) is 16.3 Å². The van der Waals surface area contributed by atoms with Crippen molar-refractivity contribution in [3.8, 4) is 0 Å². The number of aromatic nitrogens is 1. The van der Waals surface area contributed by atoms with Crippen LogP contribution >= 0.6 is 11.6 Å². The van der Waals surface area contributed by atoms with Gasteiger partial charge in [-0.15, -0.1) is 0 Å². The molecule has 0 bridgehead atoms. The van der Waals surface area contributed by atoms with Gasteiger partial charge in [0.15, 0.2) is 0 Å². The molecule has 4 nitrogen and oxygen atoms in total. The molecule has 3 aromatic rings. The summed E-state index contributed by atoms with van der Waals surface area (Å²) in [5.74, 6) is -1.55. The molecule has 1 aliphatic heterocycles. The molecule has 2 amide bonds. The smallest absolute Gasteiger partial charge is 0.268 e. The second-order valence-electron chi connectivity index (χ2n) is 5.51. The molecule has 4 rings (SSSR count). The Bertz CT molecular complexity index is 1050. The third-order valence-electron chi connectivity index (χ3n) is 4.07. The molecule has 0 saturated heterocycles. The lowest BCUT2D eigenvalue weighted by atomic mass is 10.0. The van der Waals surface area contributed by atoms with Crippen LogP contribution < -0.4 is 4.90 Å². The minimum Gasteiger partial charge on any atom is -0.268 e. The maximum absolute atomic E-state index is 13.4. The van der Waals surface area contributed by atoms with Crippen molar-refractivity contribution in [2.24, 2.45) is 0 Å². The monoisotopic (exact) mass is 340 g/mol. The number of amides is 2. The summed E-state index contributed by atoms with van der Waals surface area (Å²) in [4.78, 5) is 31.1. The Morgan fingerprint density at radius 3 is 2.50 bits per heavy atom. The number of para-hydroxylation sites is 1. The highest BCUT2D eigenvalue weighted by molar-refractivity contribution is 6.38. The maximum Gasteiger partial charge on any atom is 0.268 e. The van der Waals surface area contributed by atoms with Crippen LogP contribution in [0.15, 0.2) is 42.5 Å². The van der Waals surface area contributed by atoms with Crippen LogP contribution in [0.1, 0.15) is 26.4 Å². The highest BCUT2D eigenvalue weighted by atomic mass is 35.5. The molecule has 2 aromatic carbocycles. The van der Waals surface area contributed by atoms with E-state index in [0.717, 1.165) is 11.0 Å². The molecule has 1 aliphatic rings. The van der Waals surface area contributed by atoms with E-state index in [4.69, 9.17) is 11.6 Å². The zero-order valence-corrected chi connectivity index (χ0v) is 13.3. The number of rotatable bonds is 1.